The molecule has 0 atom stereocenters. The first-order valence-corrected chi connectivity index (χ1v) is 9.63. The van der Waals surface area contributed by atoms with Gasteiger partial charge in [0.1, 0.15) is 18.2 Å². The van der Waals surface area contributed by atoms with Crippen LogP contribution in [-0.4, -0.2) is 36.5 Å². The number of halogens is 1. The van der Waals surface area contributed by atoms with Crippen LogP contribution in [0.4, 0.5) is 5.82 Å². The number of nitrogens with one attached hydrogen (secondary N) is 1. The maximum atomic E-state index is 12.8. The number of hydrogen-bond donors (Lipinski definition) is 1. The quantitative estimate of drug-likeness (QED) is 0.645. The molecular formula is C22H20ClN3O4. The van der Waals surface area contributed by atoms with E-state index in [1.807, 2.05) is 18.2 Å². The van der Waals surface area contributed by atoms with E-state index in [2.05, 4.69) is 10.4 Å². The van der Waals surface area contributed by atoms with Crippen LogP contribution in [0.2, 0.25) is 5.02 Å². The second-order valence-electron chi connectivity index (χ2n) is 6.62. The van der Waals surface area contributed by atoms with Crippen LogP contribution < -0.4 is 19.5 Å². The summed E-state index contributed by atoms with van der Waals surface area (Å²) in [5, 5.41) is 7.81. The molecule has 0 radical (unpaired) electrons. The maximum Gasteiger partial charge on any atom is 0.256 e. The second kappa shape index (κ2) is 8.51. The lowest BCUT2D eigenvalue weighted by Gasteiger charge is -2.18. The Balaban J connectivity index is 1.54. The van der Waals surface area contributed by atoms with Crippen molar-refractivity contribution in [1.82, 2.24) is 9.78 Å². The molecule has 0 saturated heterocycles. The van der Waals surface area contributed by atoms with Crippen LogP contribution in [0.1, 0.15) is 11.1 Å². The summed E-state index contributed by atoms with van der Waals surface area (Å²) in [4.78, 5) is 12.8. The number of methoxy groups -OCH3 is 2. The van der Waals surface area contributed by atoms with Crippen molar-refractivity contribution in [2.24, 2.45) is 0 Å². The summed E-state index contributed by atoms with van der Waals surface area (Å²) in [5.41, 5.74) is 2.14. The zero-order valence-electron chi connectivity index (χ0n) is 16.5. The molecule has 1 aliphatic rings. The monoisotopic (exact) mass is 425 g/mol. The lowest BCUT2D eigenvalue weighted by atomic mass is 10.1. The number of carbonyl (C=O) groups excluding carboxylic acids is 1. The number of fused-ring (bicyclic) bond motifs is 1. The van der Waals surface area contributed by atoms with Crippen LogP contribution >= 0.6 is 11.6 Å². The highest BCUT2D eigenvalue weighted by atomic mass is 35.5. The first kappa shape index (κ1) is 19.8. The molecule has 4 rings (SSSR count). The summed E-state index contributed by atoms with van der Waals surface area (Å²) in [6.07, 6.45) is 3.41. The largest absolute Gasteiger partial charge is 0.493 e. The molecule has 0 aliphatic carbocycles. The molecule has 3 aromatic rings. The molecule has 1 aliphatic heterocycles. The molecule has 1 N–H and O–H groups in total. The SMILES string of the molecule is COc1cccc(Cn2nccc2NC(=O)C2=Cc3cc(Cl)ccc3OC2)c1OC. The van der Waals surface area contributed by atoms with Gasteiger partial charge >= 0.3 is 0 Å². The minimum atomic E-state index is -0.264. The van der Waals surface area contributed by atoms with Crippen molar-refractivity contribution >= 4 is 29.4 Å². The lowest BCUT2D eigenvalue weighted by Crippen LogP contribution is -2.23. The van der Waals surface area contributed by atoms with Crippen LogP contribution in [0.5, 0.6) is 17.2 Å². The van der Waals surface area contributed by atoms with Crippen molar-refractivity contribution in [2.75, 3.05) is 26.1 Å². The van der Waals surface area contributed by atoms with Gasteiger partial charge in [0.05, 0.1) is 32.5 Å². The molecule has 8 heteroatoms. The van der Waals surface area contributed by atoms with Crippen LogP contribution in [0, 0.1) is 0 Å². The van der Waals surface area contributed by atoms with E-state index in [-0.39, 0.29) is 12.5 Å². The molecule has 7 nitrogen and oxygen atoms in total. The van der Waals surface area contributed by atoms with Gasteiger partial charge in [0.25, 0.3) is 5.91 Å². The van der Waals surface area contributed by atoms with Gasteiger partial charge in [0.15, 0.2) is 11.5 Å². The molecule has 0 unspecified atom stereocenters. The van der Waals surface area contributed by atoms with Gasteiger partial charge in [-0.05, 0) is 30.3 Å². The maximum absolute atomic E-state index is 12.8. The molecule has 0 spiro atoms. The van der Waals surface area contributed by atoms with Crippen molar-refractivity contribution in [3.63, 3.8) is 0 Å². The predicted octanol–water partition coefficient (Wildman–Crippen LogP) is 4.02. The van der Waals surface area contributed by atoms with Gasteiger partial charge in [-0.1, -0.05) is 23.7 Å². The van der Waals surface area contributed by atoms with Crippen molar-refractivity contribution in [2.45, 2.75) is 6.54 Å². The molecule has 0 saturated carbocycles. The summed E-state index contributed by atoms with van der Waals surface area (Å²) < 4.78 is 18.2. The van der Waals surface area contributed by atoms with Gasteiger partial charge in [-0.2, -0.15) is 5.10 Å². The van der Waals surface area contributed by atoms with Gasteiger partial charge in [0.2, 0.25) is 0 Å². The van der Waals surface area contributed by atoms with E-state index in [4.69, 9.17) is 25.8 Å². The van der Waals surface area contributed by atoms with E-state index < -0.39 is 0 Å². The number of rotatable bonds is 6. The summed E-state index contributed by atoms with van der Waals surface area (Å²) in [6.45, 7) is 0.579. The molecule has 30 heavy (non-hydrogen) atoms. The molecule has 0 fully saturated rings. The third-order valence-electron chi connectivity index (χ3n) is 4.74. The summed E-state index contributed by atoms with van der Waals surface area (Å²) >= 11 is 6.05. The van der Waals surface area contributed by atoms with E-state index in [0.29, 0.717) is 40.2 Å². The Morgan fingerprint density at radius 2 is 2.10 bits per heavy atom. The van der Waals surface area contributed by atoms with Crippen molar-refractivity contribution < 1.29 is 19.0 Å². The van der Waals surface area contributed by atoms with Gasteiger partial charge in [-0.15, -0.1) is 0 Å². The molecule has 2 heterocycles. The number of ether oxygens (including phenoxy) is 3. The lowest BCUT2D eigenvalue weighted by molar-refractivity contribution is -0.113. The summed E-state index contributed by atoms with van der Waals surface area (Å²) in [5.74, 6) is 2.26. The third-order valence-corrected chi connectivity index (χ3v) is 4.97. The van der Waals surface area contributed by atoms with E-state index >= 15 is 0 Å². The van der Waals surface area contributed by atoms with E-state index in [1.165, 1.54) is 0 Å². The Labute approximate surface area is 178 Å². The highest BCUT2D eigenvalue weighted by Crippen LogP contribution is 2.32. The Kier molecular flexibility index (Phi) is 5.63. The van der Waals surface area contributed by atoms with Crippen molar-refractivity contribution in [3.8, 4) is 17.2 Å². The van der Waals surface area contributed by atoms with Gasteiger partial charge in [-0.3, -0.25) is 4.79 Å². The molecule has 1 amide bonds. The number of amides is 1. The number of para-hydroxylation sites is 1. The number of benzene rings is 2. The van der Waals surface area contributed by atoms with Gasteiger partial charge in [0, 0.05) is 22.2 Å². The van der Waals surface area contributed by atoms with Crippen LogP contribution in [-0.2, 0) is 11.3 Å². The third kappa shape index (κ3) is 3.97. The highest BCUT2D eigenvalue weighted by Gasteiger charge is 2.19. The second-order valence-corrected chi connectivity index (χ2v) is 7.06. The fourth-order valence-electron chi connectivity index (χ4n) is 3.28. The Morgan fingerprint density at radius 3 is 2.90 bits per heavy atom. The first-order chi connectivity index (χ1) is 14.6. The normalized spacial score (nSPS) is 12.4. The molecule has 2 aromatic carbocycles. The van der Waals surface area contributed by atoms with Gasteiger partial charge < -0.3 is 19.5 Å². The average Bonchev–Trinajstić information content (AvgIpc) is 3.19. The number of aromatic nitrogens is 2. The van der Waals surface area contributed by atoms with Crippen molar-refractivity contribution in [1.29, 1.82) is 0 Å². The van der Waals surface area contributed by atoms with Crippen molar-refractivity contribution in [3.05, 3.63) is 70.4 Å². The minimum absolute atomic E-state index is 0.179. The van der Waals surface area contributed by atoms with Crippen LogP contribution in [0.15, 0.2) is 54.2 Å². The topological polar surface area (TPSA) is 74.6 Å². The zero-order chi connectivity index (χ0) is 21.1. The Bertz CT molecular complexity index is 1120. The standard InChI is InChI=1S/C22H20ClN3O4/c1-28-19-5-3-4-14(21(19)29-2)12-26-20(8-9-24-26)25-22(27)16-10-15-11-17(23)6-7-18(15)30-13-16/h3-11H,12-13H2,1-2H3,(H,25,27). The summed E-state index contributed by atoms with van der Waals surface area (Å²) in [6, 6.07) is 12.7. The van der Waals surface area contributed by atoms with E-state index in [9.17, 15) is 4.79 Å². The Morgan fingerprint density at radius 1 is 1.23 bits per heavy atom. The fraction of sp³-hybridized carbons (Fsp3) is 0.182. The molecular weight excluding hydrogens is 406 g/mol. The highest BCUT2D eigenvalue weighted by molar-refractivity contribution is 6.30. The molecule has 154 valence electrons. The van der Waals surface area contributed by atoms with Gasteiger partial charge in [-0.25, -0.2) is 4.68 Å². The predicted molar refractivity (Wildman–Crippen MR) is 114 cm³/mol. The van der Waals surface area contributed by atoms with Crippen LogP contribution in [0.3, 0.4) is 0 Å². The summed E-state index contributed by atoms with van der Waals surface area (Å²) in [7, 11) is 3.18. The smallest absolute Gasteiger partial charge is 0.256 e. The Hall–Kier alpha value is -3.45. The number of carbonyl (C=O) groups is 1. The minimum Gasteiger partial charge on any atom is -0.493 e. The van der Waals surface area contributed by atoms with E-state index in [0.717, 1.165) is 11.1 Å². The molecule has 1 aromatic heterocycles. The first-order valence-electron chi connectivity index (χ1n) is 9.25. The molecule has 0 bridgehead atoms. The fourth-order valence-corrected chi connectivity index (χ4v) is 3.46. The van der Waals surface area contributed by atoms with Crippen LogP contribution in [0.25, 0.3) is 6.08 Å². The zero-order valence-corrected chi connectivity index (χ0v) is 17.3. The van der Waals surface area contributed by atoms with E-state index in [1.54, 1.807) is 55.4 Å². The average molecular weight is 426 g/mol. The number of nitrogens with zero attached hydrogens (tertiary/aromatic N) is 2. The number of hydrogen-bond acceptors (Lipinski definition) is 5. The number of anilines is 1.